The Kier molecular flexibility index (Phi) is 4.39. The molecule has 1 aromatic rings. The second-order valence-corrected chi connectivity index (χ2v) is 7.06. The van der Waals surface area contributed by atoms with Crippen molar-refractivity contribution in [2.75, 3.05) is 12.4 Å². The van der Waals surface area contributed by atoms with Crippen LogP contribution in [0.25, 0.3) is 0 Å². The van der Waals surface area contributed by atoms with Crippen LogP contribution in [0.1, 0.15) is 51.1 Å². The molecule has 20 heavy (non-hydrogen) atoms. The Labute approximate surface area is 126 Å². The smallest absolute Gasteiger partial charge is 0.0692 e. The summed E-state index contributed by atoms with van der Waals surface area (Å²) in [5.74, 6) is 1.17. The molecule has 0 bridgehead atoms. The number of nitrogens with one attached hydrogen (secondary N) is 1. The van der Waals surface area contributed by atoms with Crippen LogP contribution in [0.5, 0.6) is 0 Å². The van der Waals surface area contributed by atoms with Gasteiger partial charge in [-0.15, -0.1) is 11.8 Å². The minimum absolute atomic E-state index is 0.112. The second kappa shape index (κ2) is 6.08. The third-order valence-electron chi connectivity index (χ3n) is 4.92. The highest BCUT2D eigenvalue weighted by Gasteiger charge is 2.36. The summed E-state index contributed by atoms with van der Waals surface area (Å²) in [7, 11) is 0. The van der Waals surface area contributed by atoms with Crippen LogP contribution in [0.3, 0.4) is 0 Å². The molecule has 0 aromatic heterocycles. The van der Waals surface area contributed by atoms with Gasteiger partial charge in [0.15, 0.2) is 0 Å². The molecule has 0 radical (unpaired) electrons. The van der Waals surface area contributed by atoms with Crippen molar-refractivity contribution in [3.05, 3.63) is 29.8 Å². The number of fused-ring (bicyclic) bond motifs is 1. The first-order valence-corrected chi connectivity index (χ1v) is 8.86. The molecule has 0 amide bonds. The SMILES string of the molecule is CCC1(CC)CC(NC2CSc3ccccc32)CCO1. The number of benzene rings is 1. The molecule has 2 unspecified atom stereocenters. The maximum Gasteiger partial charge on any atom is 0.0692 e. The first kappa shape index (κ1) is 14.4. The number of hydrogen-bond donors (Lipinski definition) is 1. The number of thioether (sulfide) groups is 1. The van der Waals surface area contributed by atoms with Crippen LogP contribution in [-0.4, -0.2) is 24.0 Å². The van der Waals surface area contributed by atoms with Crippen molar-refractivity contribution in [1.82, 2.24) is 5.32 Å². The minimum Gasteiger partial charge on any atom is -0.375 e. The average Bonchev–Trinajstić information content (AvgIpc) is 2.91. The van der Waals surface area contributed by atoms with Crippen molar-refractivity contribution in [3.63, 3.8) is 0 Å². The maximum absolute atomic E-state index is 6.08. The Hall–Kier alpha value is -0.510. The Bertz CT molecular complexity index is 458. The van der Waals surface area contributed by atoms with Crippen LogP contribution in [0.15, 0.2) is 29.2 Å². The van der Waals surface area contributed by atoms with E-state index in [0.29, 0.717) is 12.1 Å². The Morgan fingerprint density at radius 3 is 2.90 bits per heavy atom. The summed E-state index contributed by atoms with van der Waals surface area (Å²) in [6.45, 7) is 5.42. The molecule has 1 N–H and O–H groups in total. The van der Waals surface area contributed by atoms with Crippen LogP contribution in [0.2, 0.25) is 0 Å². The predicted octanol–water partition coefficient (Wildman–Crippen LogP) is 4.16. The van der Waals surface area contributed by atoms with E-state index in [9.17, 15) is 0 Å². The molecule has 3 heteroatoms. The fraction of sp³-hybridized carbons (Fsp3) is 0.647. The minimum atomic E-state index is 0.112. The van der Waals surface area contributed by atoms with Gasteiger partial charge in [0.25, 0.3) is 0 Å². The van der Waals surface area contributed by atoms with Gasteiger partial charge in [0.05, 0.1) is 5.60 Å². The zero-order valence-corrected chi connectivity index (χ0v) is 13.3. The van der Waals surface area contributed by atoms with Gasteiger partial charge in [-0.25, -0.2) is 0 Å². The van der Waals surface area contributed by atoms with E-state index in [1.165, 1.54) is 16.2 Å². The van der Waals surface area contributed by atoms with E-state index in [4.69, 9.17) is 4.74 Å². The molecule has 0 spiro atoms. The van der Waals surface area contributed by atoms with Gasteiger partial charge < -0.3 is 10.1 Å². The van der Waals surface area contributed by atoms with E-state index < -0.39 is 0 Å². The van der Waals surface area contributed by atoms with Gasteiger partial charge in [-0.2, -0.15) is 0 Å². The summed E-state index contributed by atoms with van der Waals surface area (Å²) in [5, 5.41) is 3.90. The van der Waals surface area contributed by atoms with Gasteiger partial charge in [0, 0.05) is 29.3 Å². The van der Waals surface area contributed by atoms with Gasteiger partial charge in [0.1, 0.15) is 0 Å². The van der Waals surface area contributed by atoms with Crippen LogP contribution in [0.4, 0.5) is 0 Å². The summed E-state index contributed by atoms with van der Waals surface area (Å²) in [6, 6.07) is 9.94. The molecule has 0 saturated carbocycles. The zero-order chi connectivity index (χ0) is 14.0. The predicted molar refractivity (Wildman–Crippen MR) is 85.3 cm³/mol. The van der Waals surface area contributed by atoms with Crippen molar-refractivity contribution in [1.29, 1.82) is 0 Å². The van der Waals surface area contributed by atoms with Crippen LogP contribution in [-0.2, 0) is 4.74 Å². The Morgan fingerprint density at radius 1 is 1.30 bits per heavy atom. The number of ether oxygens (including phenoxy) is 1. The van der Waals surface area contributed by atoms with Crippen molar-refractivity contribution in [2.45, 2.75) is 62.1 Å². The lowest BCUT2D eigenvalue weighted by atomic mass is 9.85. The molecule has 3 rings (SSSR count). The van der Waals surface area contributed by atoms with Gasteiger partial charge in [-0.1, -0.05) is 32.0 Å². The quantitative estimate of drug-likeness (QED) is 0.900. The molecule has 2 aliphatic rings. The second-order valence-electron chi connectivity index (χ2n) is 6.00. The first-order chi connectivity index (χ1) is 9.76. The third-order valence-corrected chi connectivity index (χ3v) is 6.10. The molecule has 1 saturated heterocycles. The topological polar surface area (TPSA) is 21.3 Å². The molecular formula is C17H25NOS. The molecule has 2 atom stereocenters. The molecule has 2 nitrogen and oxygen atoms in total. The summed E-state index contributed by atoms with van der Waals surface area (Å²) in [5.41, 5.74) is 1.60. The molecule has 2 aliphatic heterocycles. The van der Waals surface area contributed by atoms with Crippen LogP contribution >= 0.6 is 11.8 Å². The first-order valence-electron chi connectivity index (χ1n) is 7.88. The van der Waals surface area contributed by atoms with E-state index in [1.54, 1.807) is 0 Å². The standard InChI is InChI=1S/C17H25NOS/c1-3-17(4-2)11-13(9-10-19-17)18-15-12-20-16-8-6-5-7-14(15)16/h5-8,13,15,18H,3-4,9-12H2,1-2H3. The van der Waals surface area contributed by atoms with E-state index in [2.05, 4.69) is 43.4 Å². The van der Waals surface area contributed by atoms with Gasteiger partial charge in [-0.3, -0.25) is 0 Å². The highest BCUT2D eigenvalue weighted by molar-refractivity contribution is 7.99. The van der Waals surface area contributed by atoms with E-state index in [0.717, 1.165) is 32.3 Å². The van der Waals surface area contributed by atoms with Crippen molar-refractivity contribution >= 4 is 11.8 Å². The van der Waals surface area contributed by atoms with Gasteiger partial charge >= 0.3 is 0 Å². The largest absolute Gasteiger partial charge is 0.375 e. The fourth-order valence-electron chi connectivity index (χ4n) is 3.50. The summed E-state index contributed by atoms with van der Waals surface area (Å²) in [4.78, 5) is 1.45. The third kappa shape index (κ3) is 2.76. The van der Waals surface area contributed by atoms with Crippen molar-refractivity contribution in [3.8, 4) is 0 Å². The summed E-state index contributed by atoms with van der Waals surface area (Å²) >= 11 is 1.98. The van der Waals surface area contributed by atoms with E-state index in [1.807, 2.05) is 11.8 Å². The zero-order valence-electron chi connectivity index (χ0n) is 12.5. The maximum atomic E-state index is 6.08. The highest BCUT2D eigenvalue weighted by atomic mass is 32.2. The summed E-state index contributed by atoms with van der Waals surface area (Å²) in [6.07, 6.45) is 4.55. The normalized spacial score (nSPS) is 28.3. The highest BCUT2D eigenvalue weighted by Crippen LogP contribution is 2.39. The molecular weight excluding hydrogens is 266 g/mol. The lowest BCUT2D eigenvalue weighted by Crippen LogP contribution is -2.47. The van der Waals surface area contributed by atoms with Gasteiger partial charge in [0.2, 0.25) is 0 Å². The molecule has 0 aliphatic carbocycles. The molecule has 110 valence electrons. The molecule has 1 fully saturated rings. The fourth-order valence-corrected chi connectivity index (χ4v) is 4.67. The van der Waals surface area contributed by atoms with Crippen molar-refractivity contribution in [2.24, 2.45) is 0 Å². The van der Waals surface area contributed by atoms with E-state index in [-0.39, 0.29) is 5.60 Å². The lowest BCUT2D eigenvalue weighted by Gasteiger charge is -2.41. The Balaban J connectivity index is 1.67. The summed E-state index contributed by atoms with van der Waals surface area (Å²) < 4.78 is 6.08. The lowest BCUT2D eigenvalue weighted by molar-refractivity contribution is -0.0939. The van der Waals surface area contributed by atoms with Crippen LogP contribution < -0.4 is 5.32 Å². The van der Waals surface area contributed by atoms with Crippen molar-refractivity contribution < 1.29 is 4.74 Å². The van der Waals surface area contributed by atoms with E-state index >= 15 is 0 Å². The molecule has 2 heterocycles. The van der Waals surface area contributed by atoms with Crippen LogP contribution in [0, 0.1) is 0 Å². The Morgan fingerprint density at radius 2 is 2.10 bits per heavy atom. The molecule has 1 aromatic carbocycles. The number of hydrogen-bond acceptors (Lipinski definition) is 3. The monoisotopic (exact) mass is 291 g/mol. The van der Waals surface area contributed by atoms with Gasteiger partial charge in [-0.05, 0) is 37.3 Å². The number of rotatable bonds is 4. The average molecular weight is 291 g/mol.